The van der Waals surface area contributed by atoms with Gasteiger partial charge < -0.3 is 19.9 Å². The summed E-state index contributed by atoms with van der Waals surface area (Å²) in [6.45, 7) is 6.51. The number of ether oxygens (including phenoxy) is 1. The highest BCUT2D eigenvalue weighted by Crippen LogP contribution is 2.19. The number of aryl methyl sites for hydroxylation is 2. The highest BCUT2D eigenvalue weighted by molar-refractivity contribution is 14.0. The Hall–Kier alpha value is -2.29. The molecule has 0 saturated carbocycles. The second-order valence-corrected chi connectivity index (χ2v) is 6.78. The van der Waals surface area contributed by atoms with E-state index >= 15 is 0 Å². The summed E-state index contributed by atoms with van der Waals surface area (Å²) in [4.78, 5) is 8.93. The highest BCUT2D eigenvalue weighted by Gasteiger charge is 2.06. The van der Waals surface area contributed by atoms with Gasteiger partial charge in [0.1, 0.15) is 11.6 Å². The minimum atomic E-state index is 0. The predicted octanol–water partition coefficient (Wildman–Crippen LogP) is 3.69. The molecular weight excluding hydrogens is 477 g/mol. The van der Waals surface area contributed by atoms with Crippen molar-refractivity contribution < 1.29 is 4.74 Å². The molecular formula is C22H30IN5O. The van der Waals surface area contributed by atoms with Gasteiger partial charge in [0, 0.05) is 26.7 Å². The fraction of sp³-hybridized carbons (Fsp3) is 0.364. The quantitative estimate of drug-likeness (QED) is 0.291. The Morgan fingerprint density at radius 3 is 2.62 bits per heavy atom. The lowest BCUT2D eigenvalue weighted by molar-refractivity contribution is 0.411. The number of para-hydroxylation sites is 2. The molecule has 0 bridgehead atoms. The molecule has 1 aromatic heterocycles. The van der Waals surface area contributed by atoms with E-state index in [1.165, 1.54) is 5.56 Å². The molecule has 0 amide bonds. The number of halogens is 1. The average molecular weight is 507 g/mol. The van der Waals surface area contributed by atoms with Crippen LogP contribution < -0.4 is 15.4 Å². The van der Waals surface area contributed by atoms with Gasteiger partial charge in [0.25, 0.3) is 0 Å². The van der Waals surface area contributed by atoms with E-state index < -0.39 is 0 Å². The number of aliphatic imine (C=N–C) groups is 1. The Morgan fingerprint density at radius 1 is 1.10 bits per heavy atom. The van der Waals surface area contributed by atoms with E-state index in [-0.39, 0.29) is 24.0 Å². The van der Waals surface area contributed by atoms with Crippen LogP contribution in [0.4, 0.5) is 0 Å². The van der Waals surface area contributed by atoms with Crippen LogP contribution in [0, 0.1) is 13.8 Å². The first kappa shape index (κ1) is 23.0. The van der Waals surface area contributed by atoms with E-state index in [2.05, 4.69) is 56.4 Å². The lowest BCUT2D eigenvalue weighted by atomic mass is 10.1. The first-order valence-corrected chi connectivity index (χ1v) is 9.62. The molecule has 0 aliphatic rings. The Morgan fingerprint density at radius 2 is 1.86 bits per heavy atom. The Bertz CT molecular complexity index is 967. The van der Waals surface area contributed by atoms with Crippen molar-refractivity contribution in [3.8, 4) is 5.75 Å². The SMILES string of the molecule is CN=C(NCCc1ccc(C)c(OC)c1)NCCn1c(C)nc2ccccc21.I. The lowest BCUT2D eigenvalue weighted by Crippen LogP contribution is -2.39. The van der Waals surface area contributed by atoms with Crippen LogP contribution in [0.25, 0.3) is 11.0 Å². The number of methoxy groups -OCH3 is 1. The molecule has 3 rings (SSSR count). The number of hydrogen-bond donors (Lipinski definition) is 2. The number of nitrogens with zero attached hydrogens (tertiary/aromatic N) is 3. The molecule has 6 nitrogen and oxygen atoms in total. The van der Waals surface area contributed by atoms with Crippen LogP contribution in [0.3, 0.4) is 0 Å². The molecule has 0 atom stereocenters. The standard InChI is InChI=1S/C22H29N5O.HI/c1-16-9-10-18(15-21(16)28-4)11-12-24-22(23-3)25-13-14-27-17(2)26-19-7-5-6-8-20(19)27;/h5-10,15H,11-14H2,1-4H3,(H2,23,24,25);1H. The van der Waals surface area contributed by atoms with Gasteiger partial charge in [0.05, 0.1) is 18.1 Å². The van der Waals surface area contributed by atoms with Gasteiger partial charge >= 0.3 is 0 Å². The number of nitrogens with one attached hydrogen (secondary N) is 2. The fourth-order valence-electron chi connectivity index (χ4n) is 3.33. The summed E-state index contributed by atoms with van der Waals surface area (Å²) in [5.74, 6) is 2.77. The normalized spacial score (nSPS) is 11.2. The minimum Gasteiger partial charge on any atom is -0.496 e. The Labute approximate surface area is 189 Å². The summed E-state index contributed by atoms with van der Waals surface area (Å²) in [5.41, 5.74) is 4.60. The third-order valence-corrected chi connectivity index (χ3v) is 4.88. The van der Waals surface area contributed by atoms with Gasteiger partial charge in [-0.1, -0.05) is 24.3 Å². The van der Waals surface area contributed by atoms with Crippen molar-refractivity contribution in [1.29, 1.82) is 0 Å². The zero-order valence-electron chi connectivity index (χ0n) is 17.5. The van der Waals surface area contributed by atoms with Crippen molar-refractivity contribution in [3.63, 3.8) is 0 Å². The fourth-order valence-corrected chi connectivity index (χ4v) is 3.33. The van der Waals surface area contributed by atoms with Gasteiger partial charge in [-0.2, -0.15) is 0 Å². The molecule has 29 heavy (non-hydrogen) atoms. The second-order valence-electron chi connectivity index (χ2n) is 6.78. The summed E-state index contributed by atoms with van der Waals surface area (Å²) in [6.07, 6.45) is 0.905. The first-order valence-electron chi connectivity index (χ1n) is 9.62. The number of hydrogen-bond acceptors (Lipinski definition) is 3. The van der Waals surface area contributed by atoms with E-state index in [0.29, 0.717) is 0 Å². The topological polar surface area (TPSA) is 63.5 Å². The van der Waals surface area contributed by atoms with E-state index in [1.54, 1.807) is 14.2 Å². The molecule has 156 valence electrons. The van der Waals surface area contributed by atoms with Crippen LogP contribution >= 0.6 is 24.0 Å². The maximum atomic E-state index is 5.40. The minimum absolute atomic E-state index is 0. The summed E-state index contributed by atoms with van der Waals surface area (Å²) in [5, 5.41) is 6.76. The molecule has 2 N–H and O–H groups in total. The van der Waals surface area contributed by atoms with E-state index in [9.17, 15) is 0 Å². The van der Waals surface area contributed by atoms with Gasteiger partial charge in [-0.05, 0) is 49.6 Å². The molecule has 3 aromatic rings. The van der Waals surface area contributed by atoms with Gasteiger partial charge in [-0.3, -0.25) is 4.99 Å². The summed E-state index contributed by atoms with van der Waals surface area (Å²) < 4.78 is 7.63. The average Bonchev–Trinajstić information content (AvgIpc) is 3.03. The Balaban J connectivity index is 0.00000300. The summed E-state index contributed by atoms with van der Waals surface area (Å²) >= 11 is 0. The van der Waals surface area contributed by atoms with Gasteiger partial charge in [-0.25, -0.2) is 4.98 Å². The molecule has 0 fully saturated rings. The van der Waals surface area contributed by atoms with Crippen molar-refractivity contribution in [3.05, 3.63) is 59.4 Å². The summed E-state index contributed by atoms with van der Waals surface area (Å²) in [7, 11) is 3.50. The number of fused-ring (bicyclic) bond motifs is 1. The van der Waals surface area contributed by atoms with Crippen molar-refractivity contribution >= 4 is 41.0 Å². The smallest absolute Gasteiger partial charge is 0.191 e. The van der Waals surface area contributed by atoms with Crippen molar-refractivity contribution in [2.75, 3.05) is 27.2 Å². The van der Waals surface area contributed by atoms with Crippen LogP contribution in [0.2, 0.25) is 0 Å². The number of imidazole rings is 1. The molecule has 0 saturated heterocycles. The van der Waals surface area contributed by atoms with Crippen LogP contribution in [-0.4, -0.2) is 42.8 Å². The number of rotatable bonds is 7. The van der Waals surface area contributed by atoms with Gasteiger partial charge in [-0.15, -0.1) is 24.0 Å². The zero-order chi connectivity index (χ0) is 19.9. The van der Waals surface area contributed by atoms with E-state index in [1.807, 2.05) is 25.1 Å². The molecule has 1 heterocycles. The van der Waals surface area contributed by atoms with Crippen molar-refractivity contribution in [2.24, 2.45) is 4.99 Å². The number of aromatic nitrogens is 2. The summed E-state index contributed by atoms with van der Waals surface area (Å²) in [6, 6.07) is 14.6. The molecule has 2 aromatic carbocycles. The third kappa shape index (κ3) is 5.85. The van der Waals surface area contributed by atoms with Crippen LogP contribution in [0.1, 0.15) is 17.0 Å². The maximum absolute atomic E-state index is 5.40. The molecule has 0 spiro atoms. The van der Waals surface area contributed by atoms with E-state index in [0.717, 1.165) is 60.2 Å². The van der Waals surface area contributed by atoms with Crippen LogP contribution in [-0.2, 0) is 13.0 Å². The largest absolute Gasteiger partial charge is 0.496 e. The van der Waals surface area contributed by atoms with Crippen LogP contribution in [0.15, 0.2) is 47.5 Å². The van der Waals surface area contributed by atoms with Crippen molar-refractivity contribution in [2.45, 2.75) is 26.8 Å². The Kier molecular flexibility index (Phi) is 8.75. The lowest BCUT2D eigenvalue weighted by Gasteiger charge is -2.14. The molecule has 0 aliphatic heterocycles. The second kappa shape index (κ2) is 11.0. The van der Waals surface area contributed by atoms with E-state index in [4.69, 9.17) is 4.74 Å². The van der Waals surface area contributed by atoms with Crippen LogP contribution in [0.5, 0.6) is 5.75 Å². The zero-order valence-corrected chi connectivity index (χ0v) is 19.9. The van der Waals surface area contributed by atoms with Crippen molar-refractivity contribution in [1.82, 2.24) is 20.2 Å². The maximum Gasteiger partial charge on any atom is 0.191 e. The van der Waals surface area contributed by atoms with Gasteiger partial charge in [0.15, 0.2) is 5.96 Å². The third-order valence-electron chi connectivity index (χ3n) is 4.88. The molecule has 0 radical (unpaired) electrons. The first-order chi connectivity index (χ1) is 13.6. The molecule has 0 unspecified atom stereocenters. The molecule has 0 aliphatic carbocycles. The predicted molar refractivity (Wildman–Crippen MR) is 131 cm³/mol. The van der Waals surface area contributed by atoms with Gasteiger partial charge in [0.2, 0.25) is 0 Å². The number of benzene rings is 2. The monoisotopic (exact) mass is 507 g/mol. The highest BCUT2D eigenvalue weighted by atomic mass is 127. The number of guanidine groups is 1. The molecule has 7 heteroatoms.